The minimum atomic E-state index is 0.619. The molecule has 0 spiro atoms. The van der Waals surface area contributed by atoms with Crippen molar-refractivity contribution in [2.45, 2.75) is 51.4 Å². The highest BCUT2D eigenvalue weighted by atomic mass is 127. The third-order valence-corrected chi connectivity index (χ3v) is 3.40. The average Bonchev–Trinajstić information content (AvgIpc) is 2.20. The molecule has 1 N–H and O–H groups in total. The SMILES string of the molecule is S=C(S)NCCCCCCCCCCI. The molecule has 0 radical (unpaired) electrons. The molecule has 0 aliphatic carbocycles. The Morgan fingerprint density at radius 3 is 1.87 bits per heavy atom. The van der Waals surface area contributed by atoms with Gasteiger partial charge in [-0.25, -0.2) is 0 Å². The maximum absolute atomic E-state index is 4.81. The predicted octanol–water partition coefficient (Wildman–Crippen LogP) is 4.35. The van der Waals surface area contributed by atoms with E-state index in [9.17, 15) is 0 Å². The molecule has 90 valence electrons. The number of halogens is 1. The van der Waals surface area contributed by atoms with Crippen LogP contribution in [-0.4, -0.2) is 15.3 Å². The summed E-state index contributed by atoms with van der Waals surface area (Å²) in [5, 5.41) is 3.06. The molecule has 0 bridgehead atoms. The van der Waals surface area contributed by atoms with Gasteiger partial charge in [-0.1, -0.05) is 73.3 Å². The van der Waals surface area contributed by atoms with E-state index < -0.39 is 0 Å². The molecule has 0 aromatic heterocycles. The zero-order valence-corrected chi connectivity index (χ0v) is 13.2. The molecule has 0 aliphatic heterocycles. The number of thiocarbonyl (C=S) groups is 1. The minimum Gasteiger partial charge on any atom is -0.371 e. The quantitative estimate of drug-likeness (QED) is 0.198. The number of thiol groups is 1. The van der Waals surface area contributed by atoms with Crippen LogP contribution in [-0.2, 0) is 0 Å². The first-order chi connectivity index (χ1) is 7.27. The van der Waals surface area contributed by atoms with Crippen molar-refractivity contribution in [2.24, 2.45) is 0 Å². The summed E-state index contributed by atoms with van der Waals surface area (Å²) >= 11 is 11.3. The van der Waals surface area contributed by atoms with Gasteiger partial charge in [-0.3, -0.25) is 0 Å². The number of hydrogen-bond donors (Lipinski definition) is 2. The van der Waals surface area contributed by atoms with Gasteiger partial charge in [0.15, 0.2) is 0 Å². The molecule has 0 aromatic carbocycles. The van der Waals surface area contributed by atoms with Gasteiger partial charge in [0.25, 0.3) is 0 Å². The normalized spacial score (nSPS) is 10.3. The fourth-order valence-corrected chi connectivity index (χ4v) is 2.23. The zero-order valence-electron chi connectivity index (χ0n) is 9.30. The van der Waals surface area contributed by atoms with Crippen molar-refractivity contribution in [1.82, 2.24) is 5.32 Å². The van der Waals surface area contributed by atoms with Gasteiger partial charge >= 0.3 is 0 Å². The van der Waals surface area contributed by atoms with Gasteiger partial charge in [0.1, 0.15) is 4.32 Å². The highest BCUT2D eigenvalue weighted by molar-refractivity contribution is 14.1. The summed E-state index contributed by atoms with van der Waals surface area (Å²) in [5.74, 6) is 0. The molecular weight excluding hydrogens is 337 g/mol. The first kappa shape index (κ1) is 16.0. The molecule has 0 unspecified atom stereocenters. The topological polar surface area (TPSA) is 12.0 Å². The first-order valence-electron chi connectivity index (χ1n) is 5.80. The van der Waals surface area contributed by atoms with E-state index in [1.54, 1.807) is 0 Å². The van der Waals surface area contributed by atoms with Crippen molar-refractivity contribution in [3.05, 3.63) is 0 Å². The van der Waals surface area contributed by atoms with E-state index in [-0.39, 0.29) is 0 Å². The van der Waals surface area contributed by atoms with Gasteiger partial charge in [-0.15, -0.1) is 12.6 Å². The van der Waals surface area contributed by atoms with E-state index in [2.05, 4.69) is 40.5 Å². The summed E-state index contributed by atoms with van der Waals surface area (Å²) in [6, 6.07) is 0. The van der Waals surface area contributed by atoms with Crippen LogP contribution in [0.1, 0.15) is 51.4 Å². The van der Waals surface area contributed by atoms with Gasteiger partial charge in [0.05, 0.1) is 0 Å². The Balaban J connectivity index is 2.89. The van der Waals surface area contributed by atoms with Crippen LogP contribution >= 0.6 is 47.4 Å². The van der Waals surface area contributed by atoms with Crippen LogP contribution in [0.4, 0.5) is 0 Å². The van der Waals surface area contributed by atoms with E-state index in [1.807, 2.05) is 0 Å². The second-order valence-corrected chi connectivity index (χ2v) is 5.99. The van der Waals surface area contributed by atoms with Gasteiger partial charge in [-0.05, 0) is 17.3 Å². The molecule has 0 saturated carbocycles. The van der Waals surface area contributed by atoms with E-state index >= 15 is 0 Å². The molecule has 0 atom stereocenters. The summed E-state index contributed by atoms with van der Waals surface area (Å²) in [7, 11) is 0. The van der Waals surface area contributed by atoms with Crippen LogP contribution in [0.2, 0.25) is 0 Å². The molecule has 0 saturated heterocycles. The Morgan fingerprint density at radius 2 is 1.40 bits per heavy atom. The van der Waals surface area contributed by atoms with Crippen molar-refractivity contribution >= 4 is 51.8 Å². The molecule has 0 rings (SSSR count). The molecule has 0 amide bonds. The van der Waals surface area contributed by atoms with Crippen LogP contribution < -0.4 is 5.32 Å². The summed E-state index contributed by atoms with van der Waals surface area (Å²) < 4.78 is 1.93. The third-order valence-electron chi connectivity index (χ3n) is 2.34. The van der Waals surface area contributed by atoms with E-state index in [0.29, 0.717) is 4.32 Å². The van der Waals surface area contributed by atoms with Crippen molar-refractivity contribution in [3.63, 3.8) is 0 Å². The second-order valence-electron chi connectivity index (χ2n) is 3.75. The lowest BCUT2D eigenvalue weighted by atomic mass is 10.1. The summed E-state index contributed by atoms with van der Waals surface area (Å²) in [5.41, 5.74) is 0. The monoisotopic (exact) mass is 359 g/mol. The van der Waals surface area contributed by atoms with Crippen LogP contribution in [0.3, 0.4) is 0 Å². The standard InChI is InChI=1S/C11H22INS2/c12-9-7-5-3-1-2-4-6-8-10-13-11(14)15/h1-10H2,(H2,13,14,15). The van der Waals surface area contributed by atoms with Crippen LogP contribution in [0, 0.1) is 0 Å². The zero-order chi connectivity index (χ0) is 11.4. The average molecular weight is 359 g/mol. The summed E-state index contributed by atoms with van der Waals surface area (Å²) in [6.45, 7) is 0.983. The molecule has 4 heteroatoms. The molecule has 0 fully saturated rings. The number of alkyl halides is 1. The van der Waals surface area contributed by atoms with E-state index in [0.717, 1.165) is 6.54 Å². The van der Waals surface area contributed by atoms with Gasteiger partial charge in [-0.2, -0.15) is 0 Å². The lowest BCUT2D eigenvalue weighted by Crippen LogP contribution is -2.17. The Labute approximate surface area is 119 Å². The molecule has 1 nitrogen and oxygen atoms in total. The van der Waals surface area contributed by atoms with Gasteiger partial charge in [0.2, 0.25) is 0 Å². The van der Waals surface area contributed by atoms with Crippen LogP contribution in [0.15, 0.2) is 0 Å². The molecule has 15 heavy (non-hydrogen) atoms. The predicted molar refractivity (Wildman–Crippen MR) is 85.4 cm³/mol. The Kier molecular flexibility index (Phi) is 13.9. The summed E-state index contributed by atoms with van der Waals surface area (Å²) in [4.78, 5) is 0. The highest BCUT2D eigenvalue weighted by Gasteiger charge is 1.92. The van der Waals surface area contributed by atoms with Crippen molar-refractivity contribution < 1.29 is 0 Å². The minimum absolute atomic E-state index is 0.619. The third kappa shape index (κ3) is 15.0. The maximum Gasteiger partial charge on any atom is 0.130 e. The lowest BCUT2D eigenvalue weighted by molar-refractivity contribution is 0.575. The summed E-state index contributed by atoms with van der Waals surface area (Å²) in [6.07, 6.45) is 10.9. The number of nitrogens with one attached hydrogen (secondary N) is 1. The molecular formula is C11H22INS2. The molecule has 0 aliphatic rings. The van der Waals surface area contributed by atoms with Gasteiger partial charge in [0, 0.05) is 6.54 Å². The maximum atomic E-state index is 4.81. The number of unbranched alkanes of at least 4 members (excludes halogenated alkanes) is 7. The van der Waals surface area contributed by atoms with E-state index in [4.69, 9.17) is 12.2 Å². The fourth-order valence-electron chi connectivity index (χ4n) is 1.48. The first-order valence-corrected chi connectivity index (χ1v) is 8.18. The second kappa shape index (κ2) is 13.0. The molecule has 0 aromatic rings. The van der Waals surface area contributed by atoms with E-state index in [1.165, 1.54) is 55.8 Å². The van der Waals surface area contributed by atoms with Crippen molar-refractivity contribution in [1.29, 1.82) is 0 Å². The number of rotatable bonds is 10. The van der Waals surface area contributed by atoms with Crippen LogP contribution in [0.25, 0.3) is 0 Å². The number of hydrogen-bond acceptors (Lipinski definition) is 1. The largest absolute Gasteiger partial charge is 0.371 e. The highest BCUT2D eigenvalue weighted by Crippen LogP contribution is 2.08. The Bertz CT molecular complexity index is 154. The van der Waals surface area contributed by atoms with Crippen LogP contribution in [0.5, 0.6) is 0 Å². The molecule has 0 heterocycles. The van der Waals surface area contributed by atoms with Crippen molar-refractivity contribution in [3.8, 4) is 0 Å². The smallest absolute Gasteiger partial charge is 0.130 e. The Hall–Kier alpha value is 0.970. The van der Waals surface area contributed by atoms with Crippen molar-refractivity contribution in [2.75, 3.05) is 11.0 Å². The Morgan fingerprint density at radius 1 is 0.933 bits per heavy atom. The van der Waals surface area contributed by atoms with Gasteiger partial charge < -0.3 is 5.32 Å². The fraction of sp³-hybridized carbons (Fsp3) is 0.909. The lowest BCUT2D eigenvalue weighted by Gasteiger charge is -2.03.